The zero-order valence-corrected chi connectivity index (χ0v) is 12.9. The first-order valence-corrected chi connectivity index (χ1v) is 8.12. The Hall–Kier alpha value is -2.23. The van der Waals surface area contributed by atoms with E-state index in [0.29, 0.717) is 6.04 Å². The third-order valence-electron chi connectivity index (χ3n) is 4.63. The maximum absolute atomic E-state index is 4.89. The van der Waals surface area contributed by atoms with Crippen LogP contribution >= 0.6 is 0 Å². The van der Waals surface area contributed by atoms with E-state index >= 15 is 0 Å². The van der Waals surface area contributed by atoms with Crippen molar-refractivity contribution in [2.75, 3.05) is 5.32 Å². The minimum absolute atomic E-state index is 0.572. The van der Waals surface area contributed by atoms with Gasteiger partial charge in [0.1, 0.15) is 25.0 Å². The minimum atomic E-state index is 0.572. The summed E-state index contributed by atoms with van der Waals surface area (Å²) < 4.78 is 2.18. The van der Waals surface area contributed by atoms with Crippen LogP contribution < -0.4 is 10.8 Å². The van der Waals surface area contributed by atoms with Gasteiger partial charge in [0.25, 0.3) is 0 Å². The van der Waals surface area contributed by atoms with Gasteiger partial charge in [0.2, 0.25) is 0 Å². The van der Waals surface area contributed by atoms with Crippen LogP contribution in [0.25, 0.3) is 16.9 Å². The molecule has 0 amide bonds. The predicted molar refractivity (Wildman–Crippen MR) is 94.7 cm³/mol. The molecule has 3 aromatic rings. The molecule has 4 rings (SSSR count). The highest BCUT2D eigenvalue weighted by Gasteiger charge is 2.20. The first kappa shape index (κ1) is 13.4. The molecule has 1 fully saturated rings. The van der Waals surface area contributed by atoms with Crippen LogP contribution in [0.2, 0.25) is 0 Å². The Balaban J connectivity index is 1.87. The van der Waals surface area contributed by atoms with Gasteiger partial charge in [-0.1, -0.05) is 48.6 Å². The van der Waals surface area contributed by atoms with E-state index in [2.05, 4.69) is 60.2 Å². The van der Waals surface area contributed by atoms with Crippen molar-refractivity contribution in [3.8, 4) is 11.3 Å². The fraction of sp³-hybridized carbons (Fsp3) is 0.278. The second-order valence-electron chi connectivity index (χ2n) is 6.18. The molecule has 1 aliphatic carbocycles. The van der Waals surface area contributed by atoms with Crippen molar-refractivity contribution in [1.29, 1.82) is 0 Å². The molecule has 0 saturated heterocycles. The standard InChI is InChI=1S/C18H20BN3/c19-15-10-4-3-9-14(15)17-18(20-13-7-1-2-8-13)22-12-6-5-11-16(22)21-17/h3-6,9-13,20H,1-2,7-8,19H2. The molecule has 0 atom stereocenters. The van der Waals surface area contributed by atoms with E-state index in [1.54, 1.807) is 0 Å². The highest BCUT2D eigenvalue weighted by Crippen LogP contribution is 2.30. The number of nitrogens with one attached hydrogen (secondary N) is 1. The van der Waals surface area contributed by atoms with Crippen molar-refractivity contribution in [1.82, 2.24) is 9.38 Å². The summed E-state index contributed by atoms with van der Waals surface area (Å²) in [5.41, 5.74) is 4.55. The molecule has 1 saturated carbocycles. The van der Waals surface area contributed by atoms with Crippen molar-refractivity contribution in [2.45, 2.75) is 31.7 Å². The maximum atomic E-state index is 4.89. The van der Waals surface area contributed by atoms with Crippen LogP contribution in [0.3, 0.4) is 0 Å². The molecule has 0 radical (unpaired) electrons. The van der Waals surface area contributed by atoms with Crippen molar-refractivity contribution >= 4 is 24.8 Å². The van der Waals surface area contributed by atoms with E-state index in [1.807, 2.05) is 6.07 Å². The number of rotatable bonds is 3. The van der Waals surface area contributed by atoms with Gasteiger partial charge < -0.3 is 5.32 Å². The molecule has 3 nitrogen and oxygen atoms in total. The van der Waals surface area contributed by atoms with Gasteiger partial charge in [-0.05, 0) is 30.5 Å². The summed E-state index contributed by atoms with van der Waals surface area (Å²) in [5, 5.41) is 3.76. The Kier molecular flexibility index (Phi) is 3.37. The highest BCUT2D eigenvalue weighted by atomic mass is 15.1. The van der Waals surface area contributed by atoms with E-state index < -0.39 is 0 Å². The van der Waals surface area contributed by atoms with Gasteiger partial charge >= 0.3 is 0 Å². The summed E-state index contributed by atoms with van der Waals surface area (Å²) in [6.07, 6.45) is 7.27. The predicted octanol–water partition coefficient (Wildman–Crippen LogP) is 2.61. The van der Waals surface area contributed by atoms with Gasteiger partial charge in [-0.25, -0.2) is 4.98 Å². The molecule has 110 valence electrons. The number of hydrogen-bond donors (Lipinski definition) is 1. The third kappa shape index (κ3) is 2.29. The minimum Gasteiger partial charge on any atom is -0.367 e. The van der Waals surface area contributed by atoms with Gasteiger partial charge in [-0.15, -0.1) is 0 Å². The number of anilines is 1. The van der Waals surface area contributed by atoms with Crippen LogP contribution in [-0.4, -0.2) is 23.3 Å². The summed E-state index contributed by atoms with van der Waals surface area (Å²) in [5.74, 6) is 1.14. The van der Waals surface area contributed by atoms with Crippen molar-refractivity contribution in [3.05, 3.63) is 48.7 Å². The Labute approximate surface area is 131 Å². The lowest BCUT2D eigenvalue weighted by Crippen LogP contribution is -2.17. The largest absolute Gasteiger partial charge is 0.367 e. The zero-order valence-electron chi connectivity index (χ0n) is 12.9. The van der Waals surface area contributed by atoms with Crippen LogP contribution in [0.1, 0.15) is 25.7 Å². The van der Waals surface area contributed by atoms with Gasteiger partial charge in [0.15, 0.2) is 0 Å². The Bertz CT molecular complexity index is 803. The van der Waals surface area contributed by atoms with Crippen molar-refractivity contribution in [3.63, 3.8) is 0 Å². The number of pyridine rings is 1. The van der Waals surface area contributed by atoms with Crippen LogP contribution in [0.15, 0.2) is 48.7 Å². The van der Waals surface area contributed by atoms with Gasteiger partial charge in [0, 0.05) is 12.2 Å². The topological polar surface area (TPSA) is 29.3 Å². The third-order valence-corrected chi connectivity index (χ3v) is 4.63. The lowest BCUT2D eigenvalue weighted by atomic mass is 9.89. The molecule has 0 bridgehead atoms. The molecule has 0 unspecified atom stereocenters. The second kappa shape index (κ2) is 5.52. The van der Waals surface area contributed by atoms with Crippen LogP contribution in [-0.2, 0) is 0 Å². The normalized spacial score (nSPS) is 15.5. The molecule has 4 heteroatoms. The summed E-state index contributed by atoms with van der Waals surface area (Å²) in [7, 11) is 2.15. The quantitative estimate of drug-likeness (QED) is 0.751. The van der Waals surface area contributed by atoms with E-state index in [1.165, 1.54) is 36.7 Å². The van der Waals surface area contributed by atoms with Crippen LogP contribution in [0.4, 0.5) is 5.82 Å². The Morgan fingerprint density at radius 1 is 1.05 bits per heavy atom. The first-order valence-electron chi connectivity index (χ1n) is 8.12. The first-order chi connectivity index (χ1) is 10.8. The highest BCUT2D eigenvalue weighted by molar-refractivity contribution is 6.36. The molecule has 22 heavy (non-hydrogen) atoms. The number of fused-ring (bicyclic) bond motifs is 1. The van der Waals surface area contributed by atoms with Gasteiger partial charge in [-0.2, -0.15) is 0 Å². The number of aromatic nitrogens is 2. The smallest absolute Gasteiger partial charge is 0.140 e. The molecular formula is C18H20BN3. The molecule has 1 N–H and O–H groups in total. The van der Waals surface area contributed by atoms with E-state index in [4.69, 9.17) is 4.98 Å². The number of nitrogens with zero attached hydrogens (tertiary/aromatic N) is 2. The monoisotopic (exact) mass is 289 g/mol. The van der Waals surface area contributed by atoms with Crippen LogP contribution in [0, 0.1) is 0 Å². The Morgan fingerprint density at radius 3 is 2.64 bits per heavy atom. The lowest BCUT2D eigenvalue weighted by molar-refractivity contribution is 0.749. The molecule has 1 aliphatic rings. The molecule has 1 aromatic carbocycles. The average molecular weight is 289 g/mol. The summed E-state index contributed by atoms with van der Waals surface area (Å²) in [6, 6.07) is 15.2. The number of imidazole rings is 1. The zero-order chi connectivity index (χ0) is 14.9. The second-order valence-corrected chi connectivity index (χ2v) is 6.18. The summed E-state index contributed by atoms with van der Waals surface area (Å²) in [4.78, 5) is 4.89. The van der Waals surface area contributed by atoms with Gasteiger partial charge in [-0.3, -0.25) is 4.40 Å². The van der Waals surface area contributed by atoms with Crippen molar-refractivity contribution in [2.24, 2.45) is 0 Å². The van der Waals surface area contributed by atoms with Crippen LogP contribution in [0.5, 0.6) is 0 Å². The SMILES string of the molecule is Bc1ccccc1-c1nc2ccccn2c1NC1CCCC1. The van der Waals surface area contributed by atoms with E-state index in [0.717, 1.165) is 17.2 Å². The number of hydrogen-bond acceptors (Lipinski definition) is 2. The number of benzene rings is 1. The fourth-order valence-electron chi connectivity index (χ4n) is 3.42. The van der Waals surface area contributed by atoms with Crippen molar-refractivity contribution < 1.29 is 0 Å². The molecular weight excluding hydrogens is 269 g/mol. The molecule has 0 aliphatic heterocycles. The lowest BCUT2D eigenvalue weighted by Gasteiger charge is -2.15. The fourth-order valence-corrected chi connectivity index (χ4v) is 3.42. The van der Waals surface area contributed by atoms with E-state index in [-0.39, 0.29) is 0 Å². The summed E-state index contributed by atoms with van der Waals surface area (Å²) in [6.45, 7) is 0. The molecule has 0 spiro atoms. The molecule has 2 aromatic heterocycles. The Morgan fingerprint density at radius 2 is 1.82 bits per heavy atom. The van der Waals surface area contributed by atoms with E-state index in [9.17, 15) is 0 Å². The average Bonchev–Trinajstić information content (AvgIpc) is 3.17. The van der Waals surface area contributed by atoms with Gasteiger partial charge in [0.05, 0.1) is 0 Å². The summed E-state index contributed by atoms with van der Waals surface area (Å²) >= 11 is 0. The molecule has 2 heterocycles. The maximum Gasteiger partial charge on any atom is 0.140 e.